The first kappa shape index (κ1) is 17.9. The Morgan fingerprint density at radius 2 is 1.85 bits per heavy atom. The van der Waals surface area contributed by atoms with Gasteiger partial charge in [0.25, 0.3) is 0 Å². The molecule has 0 unspecified atom stereocenters. The van der Waals surface area contributed by atoms with E-state index in [-0.39, 0.29) is 12.1 Å². The second-order valence-corrected chi connectivity index (χ2v) is 6.72. The zero-order valence-corrected chi connectivity index (χ0v) is 15.8. The molecule has 26 heavy (non-hydrogen) atoms. The van der Waals surface area contributed by atoms with Crippen LogP contribution in [0, 0.1) is 13.8 Å². The predicted octanol–water partition coefficient (Wildman–Crippen LogP) is 5.09. The molecule has 0 atom stereocenters. The largest absolute Gasteiger partial charge is 0.497 e. The maximum Gasteiger partial charge on any atom is 0.339 e. The van der Waals surface area contributed by atoms with Crippen molar-refractivity contribution in [3.05, 3.63) is 59.2 Å². The van der Waals surface area contributed by atoms with Crippen LogP contribution in [0.4, 0.5) is 0 Å². The number of esters is 1. The first-order valence-electron chi connectivity index (χ1n) is 8.66. The highest BCUT2D eigenvalue weighted by Crippen LogP contribution is 2.30. The van der Waals surface area contributed by atoms with Crippen LogP contribution in [-0.2, 0) is 4.74 Å². The molecule has 3 rings (SSSR count). The molecule has 2 aromatic carbocycles. The minimum Gasteiger partial charge on any atom is -0.497 e. The lowest BCUT2D eigenvalue weighted by atomic mass is 9.99. The highest BCUT2D eigenvalue weighted by molar-refractivity contribution is 6.05. The Kier molecular flexibility index (Phi) is 4.94. The number of hydrogen-bond acceptors (Lipinski definition) is 4. The summed E-state index contributed by atoms with van der Waals surface area (Å²) in [5, 5.41) is 0.819. The van der Waals surface area contributed by atoms with E-state index in [2.05, 4.69) is 6.07 Å². The van der Waals surface area contributed by atoms with Crippen LogP contribution in [0.25, 0.3) is 22.2 Å². The van der Waals surface area contributed by atoms with Crippen LogP contribution < -0.4 is 4.74 Å². The number of fused-ring (bicyclic) bond motifs is 1. The molecule has 0 saturated carbocycles. The van der Waals surface area contributed by atoms with E-state index in [0.717, 1.165) is 39.0 Å². The van der Waals surface area contributed by atoms with Crippen LogP contribution in [0.15, 0.2) is 42.5 Å². The molecule has 134 valence electrons. The number of pyridine rings is 1. The number of aromatic nitrogens is 1. The second kappa shape index (κ2) is 7.16. The summed E-state index contributed by atoms with van der Waals surface area (Å²) in [5.41, 5.74) is 5.08. The van der Waals surface area contributed by atoms with Gasteiger partial charge in [0.2, 0.25) is 0 Å². The second-order valence-electron chi connectivity index (χ2n) is 6.72. The normalized spacial score (nSPS) is 11.0. The highest BCUT2D eigenvalue weighted by atomic mass is 16.5. The average Bonchev–Trinajstić information content (AvgIpc) is 2.60. The molecule has 1 heterocycles. The van der Waals surface area contributed by atoms with Crippen molar-refractivity contribution in [3.8, 4) is 17.0 Å². The molecule has 0 aliphatic carbocycles. The van der Waals surface area contributed by atoms with Crippen LogP contribution in [0.3, 0.4) is 0 Å². The summed E-state index contributed by atoms with van der Waals surface area (Å²) in [5.74, 6) is 0.415. The molecule has 0 spiro atoms. The number of hydrogen-bond donors (Lipinski definition) is 0. The van der Waals surface area contributed by atoms with Gasteiger partial charge >= 0.3 is 5.97 Å². The molecule has 4 heteroatoms. The van der Waals surface area contributed by atoms with Gasteiger partial charge in [0.1, 0.15) is 5.75 Å². The quantitative estimate of drug-likeness (QED) is 0.615. The molecule has 1 aromatic heterocycles. The average molecular weight is 349 g/mol. The molecular formula is C22H23NO3. The standard InChI is InChI=1S/C22H23NO3/c1-13(2)26-22(24)19-12-20(16-7-6-8-17(11-16)25-5)23-21-15(4)9-14(3)10-18(19)21/h6-13H,1-5H3. The van der Waals surface area contributed by atoms with Crippen LogP contribution in [0.1, 0.15) is 35.3 Å². The SMILES string of the molecule is COc1cccc(-c2cc(C(=O)OC(C)C)c3cc(C)cc(C)c3n2)c1. The van der Waals surface area contributed by atoms with Crippen molar-refractivity contribution in [2.75, 3.05) is 7.11 Å². The van der Waals surface area contributed by atoms with Gasteiger partial charge in [0.15, 0.2) is 0 Å². The molecule has 4 nitrogen and oxygen atoms in total. The number of ether oxygens (including phenoxy) is 2. The molecular weight excluding hydrogens is 326 g/mol. The molecule has 3 aromatic rings. The maximum atomic E-state index is 12.7. The van der Waals surface area contributed by atoms with E-state index in [1.165, 1.54) is 0 Å². The lowest BCUT2D eigenvalue weighted by molar-refractivity contribution is 0.0380. The van der Waals surface area contributed by atoms with Crippen LogP contribution in [0.2, 0.25) is 0 Å². The Morgan fingerprint density at radius 3 is 2.54 bits per heavy atom. The Labute approximate surface area is 153 Å². The van der Waals surface area contributed by atoms with Crippen LogP contribution in [-0.4, -0.2) is 24.2 Å². The van der Waals surface area contributed by atoms with Crippen molar-refractivity contribution in [2.45, 2.75) is 33.8 Å². The lowest BCUT2D eigenvalue weighted by Crippen LogP contribution is -2.13. The number of rotatable bonds is 4. The zero-order valence-electron chi connectivity index (χ0n) is 15.8. The van der Waals surface area contributed by atoms with Gasteiger partial charge in [-0.1, -0.05) is 23.8 Å². The Bertz CT molecular complexity index is 977. The third-order valence-corrected chi connectivity index (χ3v) is 4.18. The molecule has 0 aliphatic heterocycles. The van der Waals surface area contributed by atoms with Crippen LogP contribution in [0.5, 0.6) is 5.75 Å². The Morgan fingerprint density at radius 1 is 1.08 bits per heavy atom. The third-order valence-electron chi connectivity index (χ3n) is 4.18. The van der Waals surface area contributed by atoms with Crippen molar-refractivity contribution in [3.63, 3.8) is 0 Å². The summed E-state index contributed by atoms with van der Waals surface area (Å²) in [7, 11) is 1.63. The molecule has 0 saturated heterocycles. The topological polar surface area (TPSA) is 48.4 Å². The fourth-order valence-electron chi connectivity index (χ4n) is 3.06. The molecule has 0 bridgehead atoms. The van der Waals surface area contributed by atoms with Gasteiger partial charge in [0.05, 0.1) is 30.0 Å². The van der Waals surface area contributed by atoms with E-state index < -0.39 is 0 Å². The Balaban J connectivity index is 2.27. The third kappa shape index (κ3) is 3.54. The minimum absolute atomic E-state index is 0.183. The van der Waals surface area contributed by atoms with Gasteiger partial charge in [0, 0.05) is 10.9 Å². The first-order valence-corrected chi connectivity index (χ1v) is 8.66. The maximum absolute atomic E-state index is 12.7. The summed E-state index contributed by atoms with van der Waals surface area (Å²) in [6.07, 6.45) is -0.183. The van der Waals surface area contributed by atoms with Gasteiger partial charge in [-0.25, -0.2) is 9.78 Å². The monoisotopic (exact) mass is 349 g/mol. The smallest absolute Gasteiger partial charge is 0.339 e. The number of aryl methyl sites for hydroxylation is 2. The van der Waals surface area contributed by atoms with Crippen molar-refractivity contribution < 1.29 is 14.3 Å². The number of benzene rings is 2. The Hall–Kier alpha value is -2.88. The van der Waals surface area contributed by atoms with E-state index in [1.54, 1.807) is 13.2 Å². The number of carbonyl (C=O) groups excluding carboxylic acids is 1. The minimum atomic E-state index is -0.332. The zero-order chi connectivity index (χ0) is 18.8. The van der Waals surface area contributed by atoms with Gasteiger partial charge in [-0.15, -0.1) is 0 Å². The van der Waals surface area contributed by atoms with Crippen molar-refractivity contribution in [1.82, 2.24) is 4.98 Å². The molecule has 0 N–H and O–H groups in total. The summed E-state index contributed by atoms with van der Waals surface area (Å²) < 4.78 is 10.8. The molecule has 0 amide bonds. The summed E-state index contributed by atoms with van der Waals surface area (Å²) >= 11 is 0. The van der Waals surface area contributed by atoms with E-state index in [9.17, 15) is 4.79 Å². The fraction of sp³-hybridized carbons (Fsp3) is 0.273. The van der Waals surface area contributed by atoms with E-state index in [1.807, 2.05) is 58.0 Å². The van der Waals surface area contributed by atoms with Gasteiger partial charge in [-0.05, 0) is 57.5 Å². The lowest BCUT2D eigenvalue weighted by Gasteiger charge is -2.14. The summed E-state index contributed by atoms with van der Waals surface area (Å²) in [6.45, 7) is 7.72. The molecule has 0 radical (unpaired) electrons. The number of methoxy groups -OCH3 is 1. The van der Waals surface area contributed by atoms with Gasteiger partial charge in [-0.3, -0.25) is 0 Å². The van der Waals surface area contributed by atoms with E-state index in [0.29, 0.717) is 5.56 Å². The fourth-order valence-corrected chi connectivity index (χ4v) is 3.06. The van der Waals surface area contributed by atoms with Crippen molar-refractivity contribution in [1.29, 1.82) is 0 Å². The van der Waals surface area contributed by atoms with Gasteiger partial charge < -0.3 is 9.47 Å². The predicted molar refractivity (Wildman–Crippen MR) is 104 cm³/mol. The highest BCUT2D eigenvalue weighted by Gasteiger charge is 2.18. The number of carbonyl (C=O) groups is 1. The van der Waals surface area contributed by atoms with Crippen molar-refractivity contribution in [2.24, 2.45) is 0 Å². The molecule has 0 aliphatic rings. The van der Waals surface area contributed by atoms with E-state index >= 15 is 0 Å². The first-order chi connectivity index (χ1) is 12.4. The van der Waals surface area contributed by atoms with Crippen molar-refractivity contribution >= 4 is 16.9 Å². The number of nitrogens with zero attached hydrogens (tertiary/aromatic N) is 1. The van der Waals surface area contributed by atoms with Crippen LogP contribution >= 0.6 is 0 Å². The summed E-state index contributed by atoms with van der Waals surface area (Å²) in [6, 6.07) is 13.5. The van der Waals surface area contributed by atoms with Gasteiger partial charge in [-0.2, -0.15) is 0 Å². The summed E-state index contributed by atoms with van der Waals surface area (Å²) in [4.78, 5) is 17.5. The molecule has 0 fully saturated rings. The van der Waals surface area contributed by atoms with E-state index in [4.69, 9.17) is 14.5 Å².